The van der Waals surface area contributed by atoms with Crippen LogP contribution in [-0.2, 0) is 10.8 Å². The van der Waals surface area contributed by atoms with Crippen molar-refractivity contribution in [3.05, 3.63) is 71.1 Å². The summed E-state index contributed by atoms with van der Waals surface area (Å²) in [5.41, 5.74) is 1.61. The molecular weight excluding hydrogens is 256 g/mol. The standard InChI is InChI=1S/C16H14O2S/c1-13(17)15-9-7-14(8-10-15)11-12-19(18)16-5-3-2-4-6-16/h2-12H,1H3/b12-11+. The second kappa shape index (κ2) is 6.25. The maximum absolute atomic E-state index is 12.0. The van der Waals surface area contributed by atoms with Crippen molar-refractivity contribution in [2.75, 3.05) is 0 Å². The Labute approximate surface area is 115 Å². The van der Waals surface area contributed by atoms with Gasteiger partial charge in [0.25, 0.3) is 0 Å². The minimum atomic E-state index is -1.15. The quantitative estimate of drug-likeness (QED) is 0.794. The normalized spacial score (nSPS) is 12.5. The largest absolute Gasteiger partial charge is 0.295 e. The Morgan fingerprint density at radius 2 is 1.63 bits per heavy atom. The third-order valence-corrected chi connectivity index (χ3v) is 3.80. The van der Waals surface area contributed by atoms with Crippen LogP contribution in [0.15, 0.2) is 64.9 Å². The van der Waals surface area contributed by atoms with Gasteiger partial charge in [-0.1, -0.05) is 42.5 Å². The van der Waals surface area contributed by atoms with E-state index in [1.165, 1.54) is 6.92 Å². The maximum atomic E-state index is 12.0. The highest BCUT2D eigenvalue weighted by Crippen LogP contribution is 2.11. The smallest absolute Gasteiger partial charge is 0.159 e. The molecule has 3 heteroatoms. The first kappa shape index (κ1) is 13.4. The van der Waals surface area contributed by atoms with E-state index in [1.54, 1.807) is 23.6 Å². The van der Waals surface area contributed by atoms with Crippen LogP contribution in [0, 0.1) is 0 Å². The summed E-state index contributed by atoms with van der Waals surface area (Å²) in [6, 6.07) is 16.5. The van der Waals surface area contributed by atoms with Crippen molar-refractivity contribution in [3.63, 3.8) is 0 Å². The van der Waals surface area contributed by atoms with E-state index in [2.05, 4.69) is 0 Å². The van der Waals surface area contributed by atoms with E-state index in [0.29, 0.717) is 5.56 Å². The van der Waals surface area contributed by atoms with E-state index in [-0.39, 0.29) is 5.78 Å². The lowest BCUT2D eigenvalue weighted by Crippen LogP contribution is -1.90. The fourth-order valence-electron chi connectivity index (χ4n) is 1.60. The number of carbonyl (C=O) groups is 1. The Balaban J connectivity index is 2.10. The summed E-state index contributed by atoms with van der Waals surface area (Å²) in [7, 11) is -1.15. The van der Waals surface area contributed by atoms with Crippen molar-refractivity contribution in [3.8, 4) is 0 Å². The van der Waals surface area contributed by atoms with Gasteiger partial charge in [-0.2, -0.15) is 0 Å². The van der Waals surface area contributed by atoms with Crippen molar-refractivity contribution >= 4 is 22.7 Å². The molecule has 2 aromatic carbocycles. The maximum Gasteiger partial charge on any atom is 0.159 e. The number of hydrogen-bond acceptors (Lipinski definition) is 2. The highest BCUT2D eigenvalue weighted by molar-refractivity contribution is 7.88. The molecule has 2 rings (SSSR count). The van der Waals surface area contributed by atoms with Gasteiger partial charge in [0.05, 0.1) is 10.8 Å². The predicted molar refractivity (Wildman–Crippen MR) is 78.3 cm³/mol. The van der Waals surface area contributed by atoms with Crippen molar-refractivity contribution in [2.45, 2.75) is 11.8 Å². The molecule has 0 amide bonds. The summed E-state index contributed by atoms with van der Waals surface area (Å²) in [5, 5.41) is 1.65. The molecule has 1 unspecified atom stereocenters. The average Bonchev–Trinajstić information content (AvgIpc) is 2.46. The molecule has 0 aliphatic carbocycles. The highest BCUT2D eigenvalue weighted by atomic mass is 32.2. The van der Waals surface area contributed by atoms with Gasteiger partial charge >= 0.3 is 0 Å². The van der Waals surface area contributed by atoms with Crippen LogP contribution in [0.2, 0.25) is 0 Å². The van der Waals surface area contributed by atoms with Gasteiger partial charge in [-0.25, -0.2) is 4.21 Å². The monoisotopic (exact) mass is 270 g/mol. The van der Waals surface area contributed by atoms with E-state index in [9.17, 15) is 9.00 Å². The molecule has 96 valence electrons. The molecule has 0 N–H and O–H groups in total. The second-order valence-electron chi connectivity index (χ2n) is 4.09. The van der Waals surface area contributed by atoms with E-state index >= 15 is 0 Å². The fraction of sp³-hybridized carbons (Fsp3) is 0.0625. The van der Waals surface area contributed by atoms with E-state index in [4.69, 9.17) is 0 Å². The zero-order valence-electron chi connectivity index (χ0n) is 10.6. The summed E-state index contributed by atoms with van der Waals surface area (Å²) in [5.74, 6) is 0.0448. The Morgan fingerprint density at radius 1 is 1.00 bits per heavy atom. The van der Waals surface area contributed by atoms with Gasteiger partial charge in [-0.05, 0) is 30.7 Å². The van der Waals surface area contributed by atoms with Crippen molar-refractivity contribution in [1.29, 1.82) is 0 Å². The molecule has 2 nitrogen and oxygen atoms in total. The minimum Gasteiger partial charge on any atom is -0.295 e. The van der Waals surface area contributed by atoms with Crippen LogP contribution in [0.3, 0.4) is 0 Å². The number of benzene rings is 2. The molecule has 0 bridgehead atoms. The van der Waals surface area contributed by atoms with Gasteiger partial charge < -0.3 is 0 Å². The first-order chi connectivity index (χ1) is 9.16. The first-order valence-corrected chi connectivity index (χ1v) is 7.13. The van der Waals surface area contributed by atoms with Gasteiger partial charge in [0.15, 0.2) is 5.78 Å². The highest BCUT2D eigenvalue weighted by Gasteiger charge is 1.99. The number of Topliss-reactive ketones (excluding diaryl/α,β-unsaturated/α-hetero) is 1. The van der Waals surface area contributed by atoms with E-state index in [1.807, 2.05) is 42.5 Å². The minimum absolute atomic E-state index is 0.0448. The molecule has 1 atom stereocenters. The Bertz CT molecular complexity index is 613. The summed E-state index contributed by atoms with van der Waals surface area (Å²) < 4.78 is 12.0. The summed E-state index contributed by atoms with van der Waals surface area (Å²) in [6.45, 7) is 1.54. The van der Waals surface area contributed by atoms with Crippen LogP contribution in [0.4, 0.5) is 0 Å². The SMILES string of the molecule is CC(=O)c1ccc(/C=C/S(=O)c2ccccc2)cc1. The summed E-state index contributed by atoms with van der Waals surface area (Å²) in [4.78, 5) is 11.9. The lowest BCUT2D eigenvalue weighted by Gasteiger charge is -1.98. The molecule has 0 saturated heterocycles. The van der Waals surface area contributed by atoms with Gasteiger partial charge in [0, 0.05) is 15.9 Å². The number of carbonyl (C=O) groups excluding carboxylic acids is 1. The Morgan fingerprint density at radius 3 is 2.21 bits per heavy atom. The predicted octanol–water partition coefficient (Wildman–Crippen LogP) is 3.67. The second-order valence-corrected chi connectivity index (χ2v) is 5.43. The molecular formula is C16H14O2S. The van der Waals surface area contributed by atoms with Gasteiger partial charge in [-0.15, -0.1) is 0 Å². The molecule has 0 heterocycles. The van der Waals surface area contributed by atoms with Crippen LogP contribution in [0.1, 0.15) is 22.8 Å². The van der Waals surface area contributed by atoms with Crippen molar-refractivity contribution < 1.29 is 9.00 Å². The van der Waals surface area contributed by atoms with Crippen LogP contribution < -0.4 is 0 Å². The fourth-order valence-corrected chi connectivity index (χ4v) is 2.47. The van der Waals surface area contributed by atoms with Gasteiger partial charge in [0.2, 0.25) is 0 Å². The zero-order valence-corrected chi connectivity index (χ0v) is 11.4. The van der Waals surface area contributed by atoms with Crippen LogP contribution in [0.5, 0.6) is 0 Å². The molecule has 0 aliphatic rings. The van der Waals surface area contributed by atoms with Crippen molar-refractivity contribution in [1.82, 2.24) is 0 Å². The topological polar surface area (TPSA) is 34.1 Å². The summed E-state index contributed by atoms with van der Waals surface area (Å²) >= 11 is 0. The molecule has 0 radical (unpaired) electrons. The van der Waals surface area contributed by atoms with Crippen LogP contribution >= 0.6 is 0 Å². The van der Waals surface area contributed by atoms with Crippen molar-refractivity contribution in [2.24, 2.45) is 0 Å². The number of rotatable bonds is 4. The molecule has 0 fully saturated rings. The van der Waals surface area contributed by atoms with Gasteiger partial charge in [0.1, 0.15) is 0 Å². The third-order valence-electron chi connectivity index (χ3n) is 2.68. The van der Waals surface area contributed by atoms with Crippen LogP contribution in [0.25, 0.3) is 6.08 Å². The number of ketones is 1. The lowest BCUT2D eigenvalue weighted by atomic mass is 10.1. The van der Waals surface area contributed by atoms with Crippen LogP contribution in [-0.4, -0.2) is 9.99 Å². The molecule has 0 saturated carbocycles. The first-order valence-electron chi connectivity index (χ1n) is 5.91. The molecule has 0 spiro atoms. The van der Waals surface area contributed by atoms with E-state index in [0.717, 1.165) is 10.5 Å². The third kappa shape index (κ3) is 3.73. The Hall–Kier alpha value is -2.00. The molecule has 19 heavy (non-hydrogen) atoms. The summed E-state index contributed by atoms with van der Waals surface area (Å²) in [6.07, 6.45) is 1.80. The average molecular weight is 270 g/mol. The Kier molecular flexibility index (Phi) is 4.42. The molecule has 2 aromatic rings. The molecule has 0 aliphatic heterocycles. The van der Waals surface area contributed by atoms with E-state index < -0.39 is 10.8 Å². The lowest BCUT2D eigenvalue weighted by molar-refractivity contribution is 0.101. The molecule has 0 aromatic heterocycles. The zero-order chi connectivity index (χ0) is 13.7. The number of hydrogen-bond donors (Lipinski definition) is 0. The van der Waals surface area contributed by atoms with Gasteiger partial charge in [-0.3, -0.25) is 4.79 Å².